The molecule has 1 aromatic heterocycles. The van der Waals surface area contributed by atoms with Crippen molar-refractivity contribution in [1.29, 1.82) is 5.26 Å². The molecular formula is C31H29ClN2O4. The molecule has 0 saturated heterocycles. The Morgan fingerprint density at radius 1 is 1.13 bits per heavy atom. The lowest BCUT2D eigenvalue weighted by Gasteiger charge is -2.37. The lowest BCUT2D eigenvalue weighted by Crippen LogP contribution is -2.33. The first kappa shape index (κ1) is 25.8. The molecule has 2 heterocycles. The summed E-state index contributed by atoms with van der Waals surface area (Å²) in [5.74, 6) is -0.237. The summed E-state index contributed by atoms with van der Waals surface area (Å²) in [7, 11) is 0. The third-order valence-corrected chi connectivity index (χ3v) is 7.44. The van der Waals surface area contributed by atoms with Crippen LogP contribution in [0.15, 0.2) is 69.7 Å². The number of ketones is 2. The minimum absolute atomic E-state index is 0.0185. The van der Waals surface area contributed by atoms with Gasteiger partial charge < -0.3 is 14.9 Å². The number of furan rings is 1. The normalized spacial score (nSPS) is 19.3. The van der Waals surface area contributed by atoms with Crippen LogP contribution in [0.25, 0.3) is 11.0 Å². The summed E-state index contributed by atoms with van der Waals surface area (Å²) in [6, 6.07) is 14.4. The number of rotatable bonds is 3. The molecular weight excluding hydrogens is 500 g/mol. The van der Waals surface area contributed by atoms with Gasteiger partial charge in [-0.15, -0.1) is 0 Å². The Kier molecular flexibility index (Phi) is 6.04. The van der Waals surface area contributed by atoms with Crippen LogP contribution < -0.4 is 5.73 Å². The van der Waals surface area contributed by atoms with Gasteiger partial charge in [0, 0.05) is 40.0 Å². The number of benzene rings is 2. The molecule has 1 aliphatic carbocycles. The molecule has 0 radical (unpaired) electrons. The molecule has 0 saturated carbocycles. The lowest BCUT2D eigenvalue weighted by molar-refractivity contribution is -0.119. The minimum atomic E-state index is -0.664. The van der Waals surface area contributed by atoms with E-state index >= 15 is 0 Å². The average Bonchev–Trinajstić information content (AvgIpc) is 3.25. The number of nitriles is 1. The summed E-state index contributed by atoms with van der Waals surface area (Å²) in [6.07, 6.45) is 0.897. The van der Waals surface area contributed by atoms with Crippen molar-refractivity contribution in [3.8, 4) is 6.07 Å². The van der Waals surface area contributed by atoms with Crippen LogP contribution in [0.4, 0.5) is 0 Å². The molecule has 1 aliphatic heterocycles. The molecule has 5 rings (SSSR count). The van der Waals surface area contributed by atoms with Gasteiger partial charge in [-0.1, -0.05) is 52.3 Å². The minimum Gasteiger partial charge on any atom is -0.452 e. The maximum Gasteiger partial charge on any atom is 0.228 e. The monoisotopic (exact) mass is 528 g/mol. The highest BCUT2D eigenvalue weighted by Gasteiger charge is 2.43. The number of hydrogen-bond donors (Lipinski definition) is 1. The highest BCUT2D eigenvalue weighted by atomic mass is 35.5. The number of allylic oxidation sites excluding steroid dienone is 3. The molecule has 3 aromatic rings. The van der Waals surface area contributed by atoms with Crippen molar-refractivity contribution in [1.82, 2.24) is 0 Å². The lowest BCUT2D eigenvalue weighted by atomic mass is 9.69. The number of Topliss-reactive ketones (excluding diaryl/α,β-unsaturated/α-hetero) is 1. The maximum atomic E-state index is 13.4. The van der Waals surface area contributed by atoms with Crippen LogP contribution in [-0.2, 0) is 14.9 Å². The Hall–Kier alpha value is -3.82. The van der Waals surface area contributed by atoms with Crippen molar-refractivity contribution in [3.05, 3.63) is 92.7 Å². The zero-order valence-electron chi connectivity index (χ0n) is 22.1. The summed E-state index contributed by atoms with van der Waals surface area (Å²) in [4.78, 5) is 26.7. The molecule has 6 nitrogen and oxygen atoms in total. The van der Waals surface area contributed by atoms with Crippen LogP contribution in [0, 0.1) is 16.7 Å². The van der Waals surface area contributed by atoms with E-state index in [9.17, 15) is 14.9 Å². The zero-order chi connectivity index (χ0) is 27.6. The zero-order valence-corrected chi connectivity index (χ0v) is 22.8. The summed E-state index contributed by atoms with van der Waals surface area (Å²) >= 11 is 5.99. The molecule has 1 unspecified atom stereocenters. The van der Waals surface area contributed by atoms with Crippen molar-refractivity contribution in [2.75, 3.05) is 0 Å². The highest BCUT2D eigenvalue weighted by molar-refractivity contribution is 6.30. The Morgan fingerprint density at radius 2 is 1.82 bits per heavy atom. The molecule has 38 heavy (non-hydrogen) atoms. The third kappa shape index (κ3) is 4.41. The van der Waals surface area contributed by atoms with Gasteiger partial charge in [0.2, 0.25) is 11.7 Å². The van der Waals surface area contributed by atoms with Gasteiger partial charge in [-0.2, -0.15) is 5.26 Å². The second-order valence-corrected chi connectivity index (χ2v) is 12.3. The molecule has 0 spiro atoms. The first-order chi connectivity index (χ1) is 17.8. The number of carbonyl (C=O) groups excluding carboxylic acids is 2. The van der Waals surface area contributed by atoms with Crippen molar-refractivity contribution in [2.45, 2.75) is 58.8 Å². The van der Waals surface area contributed by atoms with Crippen molar-refractivity contribution in [2.24, 2.45) is 11.1 Å². The van der Waals surface area contributed by atoms with Crippen molar-refractivity contribution < 1.29 is 18.7 Å². The van der Waals surface area contributed by atoms with E-state index in [0.29, 0.717) is 45.7 Å². The third-order valence-electron chi connectivity index (χ3n) is 7.19. The Morgan fingerprint density at radius 3 is 2.45 bits per heavy atom. The van der Waals surface area contributed by atoms with Gasteiger partial charge in [0.1, 0.15) is 23.0 Å². The molecule has 2 aliphatic rings. The van der Waals surface area contributed by atoms with Crippen LogP contribution >= 0.6 is 11.6 Å². The van der Waals surface area contributed by atoms with Crippen LogP contribution in [0.5, 0.6) is 0 Å². The van der Waals surface area contributed by atoms with Crippen LogP contribution in [0.1, 0.15) is 80.6 Å². The van der Waals surface area contributed by atoms with E-state index in [1.165, 1.54) is 0 Å². The first-order valence-electron chi connectivity index (χ1n) is 12.5. The van der Waals surface area contributed by atoms with Gasteiger partial charge in [0.15, 0.2) is 11.5 Å². The van der Waals surface area contributed by atoms with Crippen molar-refractivity contribution >= 4 is 34.1 Å². The van der Waals surface area contributed by atoms with Gasteiger partial charge >= 0.3 is 0 Å². The Balaban J connectivity index is 1.71. The number of hydrogen-bond acceptors (Lipinski definition) is 6. The number of fused-ring (bicyclic) bond motifs is 1. The number of halogens is 1. The SMILES string of the molecule is CC1(C)CC(=O)C2=C(C1)OC(N)=C(C#N)C2c1cc(C(C)(C)C)c2oc(C(=O)c3ccc(Cl)cc3)cc2c1. The summed E-state index contributed by atoms with van der Waals surface area (Å²) in [5, 5.41) is 11.3. The van der Waals surface area contributed by atoms with Gasteiger partial charge in [-0.3, -0.25) is 9.59 Å². The smallest absolute Gasteiger partial charge is 0.228 e. The van der Waals surface area contributed by atoms with Crippen LogP contribution in [-0.4, -0.2) is 11.6 Å². The molecule has 1 atom stereocenters. The standard InChI is InChI=1S/C31H29ClN2O4/c1-30(2,3)21-11-17(10-18-12-23(37-28(18)21)27(36)16-6-8-19(32)9-7-16)25-20(15-33)29(34)38-24-14-31(4,5)13-22(35)26(24)25/h6-12,25H,13-14,34H2,1-5H3. The average molecular weight is 529 g/mol. The van der Waals surface area contributed by atoms with Gasteiger partial charge in [0.25, 0.3) is 0 Å². The number of nitrogens with zero attached hydrogens (tertiary/aromatic N) is 1. The van der Waals surface area contributed by atoms with E-state index < -0.39 is 5.92 Å². The highest BCUT2D eigenvalue weighted by Crippen LogP contribution is 2.49. The second kappa shape index (κ2) is 8.89. The molecule has 2 aromatic carbocycles. The quantitative estimate of drug-likeness (QED) is 0.364. The molecule has 7 heteroatoms. The predicted octanol–water partition coefficient (Wildman–Crippen LogP) is 7.07. The largest absolute Gasteiger partial charge is 0.452 e. The van der Waals surface area contributed by atoms with E-state index in [1.807, 2.05) is 46.8 Å². The molecule has 0 fully saturated rings. The summed E-state index contributed by atoms with van der Waals surface area (Å²) in [5.41, 5.74) is 8.92. The van der Waals surface area contributed by atoms with Gasteiger partial charge in [0.05, 0.1) is 5.92 Å². The summed E-state index contributed by atoms with van der Waals surface area (Å²) in [6.45, 7) is 10.2. The maximum absolute atomic E-state index is 13.4. The van der Waals surface area contributed by atoms with Crippen LogP contribution in [0.3, 0.4) is 0 Å². The molecule has 0 bridgehead atoms. The first-order valence-corrected chi connectivity index (χ1v) is 12.9. The van der Waals surface area contributed by atoms with Crippen molar-refractivity contribution in [3.63, 3.8) is 0 Å². The number of carbonyl (C=O) groups is 2. The predicted molar refractivity (Wildman–Crippen MR) is 145 cm³/mol. The summed E-state index contributed by atoms with van der Waals surface area (Å²) < 4.78 is 12.0. The van der Waals surface area contributed by atoms with E-state index in [-0.39, 0.29) is 39.6 Å². The molecule has 2 N–H and O–H groups in total. The van der Waals surface area contributed by atoms with E-state index in [4.69, 9.17) is 26.5 Å². The van der Waals surface area contributed by atoms with Gasteiger partial charge in [-0.05, 0) is 52.8 Å². The van der Waals surface area contributed by atoms with Gasteiger partial charge in [-0.25, -0.2) is 0 Å². The number of ether oxygens (including phenoxy) is 1. The molecule has 0 amide bonds. The van der Waals surface area contributed by atoms with E-state index in [0.717, 1.165) is 11.1 Å². The van der Waals surface area contributed by atoms with E-state index in [1.54, 1.807) is 30.3 Å². The fraction of sp³-hybridized carbons (Fsp3) is 0.323. The van der Waals surface area contributed by atoms with Crippen LogP contribution in [0.2, 0.25) is 5.02 Å². The molecule has 194 valence electrons. The fourth-order valence-electron chi connectivity index (χ4n) is 5.37. The number of nitrogens with two attached hydrogens (primary N) is 1. The fourth-order valence-corrected chi connectivity index (χ4v) is 5.50. The Bertz CT molecular complexity index is 1610. The van der Waals surface area contributed by atoms with E-state index in [2.05, 4.69) is 6.07 Å². The topological polar surface area (TPSA) is 106 Å². The second-order valence-electron chi connectivity index (χ2n) is 11.9. The Labute approximate surface area is 226 Å².